The smallest absolute Gasteiger partial charge is 0.0671 e. The fourth-order valence-electron chi connectivity index (χ4n) is 3.97. The maximum Gasteiger partial charge on any atom is 0.0671 e. The maximum atomic E-state index is 2.69. The minimum absolute atomic E-state index is 0.374. The summed E-state index contributed by atoms with van der Waals surface area (Å²) < 4.78 is 0. The molecule has 0 nitrogen and oxygen atoms in total. The van der Waals surface area contributed by atoms with Crippen LogP contribution in [-0.2, 0) is 0 Å². The molecule has 17 heavy (non-hydrogen) atoms. The standard InChI is InChI=1S/C15H31P2/c1-12-6-7-13(2)16(12)10-11-17(5)14(3)8-9-15(17)4/h12-15H,6-11H2,1-5H3/q+1/t12-,13-,14-,15-/m1/s1. The first-order valence-corrected chi connectivity index (χ1v) is 11.8. The summed E-state index contributed by atoms with van der Waals surface area (Å²) in [5.74, 6) is 0. The van der Waals surface area contributed by atoms with E-state index in [-0.39, 0.29) is 0 Å². The monoisotopic (exact) mass is 273 g/mol. The van der Waals surface area contributed by atoms with Gasteiger partial charge in [0.05, 0.1) is 17.5 Å². The molecule has 0 aliphatic carbocycles. The van der Waals surface area contributed by atoms with Gasteiger partial charge in [0.2, 0.25) is 0 Å². The molecule has 2 heterocycles. The van der Waals surface area contributed by atoms with E-state index < -0.39 is 7.26 Å². The van der Waals surface area contributed by atoms with Crippen molar-refractivity contribution in [1.29, 1.82) is 0 Å². The second kappa shape index (κ2) is 5.46. The van der Waals surface area contributed by atoms with Gasteiger partial charge in [0.25, 0.3) is 0 Å². The van der Waals surface area contributed by atoms with Gasteiger partial charge in [-0.05, 0) is 50.8 Å². The van der Waals surface area contributed by atoms with E-state index in [1.165, 1.54) is 25.7 Å². The Bertz CT molecular complexity index is 244. The van der Waals surface area contributed by atoms with Crippen LogP contribution in [0.5, 0.6) is 0 Å². The van der Waals surface area contributed by atoms with Crippen molar-refractivity contribution < 1.29 is 0 Å². The fourth-order valence-corrected chi connectivity index (χ4v) is 12.6. The van der Waals surface area contributed by atoms with E-state index in [9.17, 15) is 0 Å². The van der Waals surface area contributed by atoms with Crippen LogP contribution in [0.4, 0.5) is 0 Å². The third kappa shape index (κ3) is 2.74. The van der Waals surface area contributed by atoms with Gasteiger partial charge < -0.3 is 0 Å². The van der Waals surface area contributed by atoms with Gasteiger partial charge in [-0.15, -0.1) is 0 Å². The highest BCUT2D eigenvalue weighted by Gasteiger charge is 2.49. The van der Waals surface area contributed by atoms with Crippen molar-refractivity contribution in [3.05, 3.63) is 0 Å². The van der Waals surface area contributed by atoms with E-state index in [0.717, 1.165) is 22.6 Å². The summed E-state index contributed by atoms with van der Waals surface area (Å²) in [6.45, 7) is 12.8. The van der Waals surface area contributed by atoms with Gasteiger partial charge in [-0.3, -0.25) is 0 Å². The molecule has 0 bridgehead atoms. The molecule has 2 aliphatic rings. The maximum absolute atomic E-state index is 2.69. The summed E-state index contributed by atoms with van der Waals surface area (Å²) in [4.78, 5) is 0. The van der Waals surface area contributed by atoms with Crippen LogP contribution in [0.2, 0.25) is 0 Å². The van der Waals surface area contributed by atoms with Crippen LogP contribution in [0, 0.1) is 0 Å². The summed E-state index contributed by atoms with van der Waals surface area (Å²) in [6.07, 6.45) is 9.32. The van der Waals surface area contributed by atoms with Gasteiger partial charge in [-0.2, -0.15) is 0 Å². The highest BCUT2D eigenvalue weighted by molar-refractivity contribution is 7.77. The first kappa shape index (κ1) is 14.3. The van der Waals surface area contributed by atoms with E-state index in [2.05, 4.69) is 34.4 Å². The topological polar surface area (TPSA) is 0 Å². The zero-order chi connectivity index (χ0) is 12.6. The SMILES string of the molecule is C[C@@H]1CC[C@@H](C)P1CC[P+]1(C)[C@H](C)CC[C@H]1C. The van der Waals surface area contributed by atoms with E-state index >= 15 is 0 Å². The van der Waals surface area contributed by atoms with Crippen molar-refractivity contribution in [3.8, 4) is 0 Å². The Morgan fingerprint density at radius 2 is 1.35 bits per heavy atom. The minimum atomic E-state index is -0.591. The lowest BCUT2D eigenvalue weighted by atomic mass is 10.2. The summed E-state index contributed by atoms with van der Waals surface area (Å²) in [6, 6.07) is 0. The predicted octanol–water partition coefficient (Wildman–Crippen LogP) is 5.26. The van der Waals surface area contributed by atoms with Crippen LogP contribution in [0.15, 0.2) is 0 Å². The molecule has 0 spiro atoms. The Labute approximate surface area is 110 Å². The second-order valence-corrected chi connectivity index (χ2v) is 15.0. The average Bonchev–Trinajstić information content (AvgIpc) is 2.73. The minimum Gasteiger partial charge on any atom is -0.0973 e. The molecular formula is C15H31P2+. The third-order valence-corrected chi connectivity index (χ3v) is 15.6. The Kier molecular flexibility index (Phi) is 4.59. The van der Waals surface area contributed by atoms with E-state index in [1.54, 1.807) is 12.3 Å². The van der Waals surface area contributed by atoms with Crippen LogP contribution in [-0.4, -0.2) is 41.6 Å². The first-order valence-electron chi connectivity index (χ1n) is 7.55. The van der Waals surface area contributed by atoms with E-state index in [0.29, 0.717) is 7.92 Å². The molecule has 0 aromatic carbocycles. The Hall–Kier alpha value is 0.860. The molecule has 2 fully saturated rings. The molecule has 0 saturated carbocycles. The zero-order valence-corrected chi connectivity index (χ0v) is 14.2. The molecule has 2 saturated heterocycles. The molecule has 2 rings (SSSR count). The van der Waals surface area contributed by atoms with E-state index in [4.69, 9.17) is 0 Å². The number of hydrogen-bond donors (Lipinski definition) is 0. The highest BCUT2D eigenvalue weighted by atomic mass is 31.2. The second-order valence-electron chi connectivity index (χ2n) is 6.86. The summed E-state index contributed by atoms with van der Waals surface area (Å²) in [5.41, 5.74) is 4.28. The summed E-state index contributed by atoms with van der Waals surface area (Å²) in [7, 11) is -0.217. The average molecular weight is 273 g/mol. The van der Waals surface area contributed by atoms with Crippen LogP contribution in [0.1, 0.15) is 53.4 Å². The molecule has 2 heteroatoms. The lowest BCUT2D eigenvalue weighted by Gasteiger charge is -2.30. The molecule has 0 aromatic heterocycles. The molecule has 0 N–H and O–H groups in total. The van der Waals surface area contributed by atoms with Crippen LogP contribution in [0.3, 0.4) is 0 Å². The summed E-state index contributed by atoms with van der Waals surface area (Å²) in [5, 5.41) is 0. The van der Waals surface area contributed by atoms with E-state index in [1.807, 2.05) is 0 Å². The van der Waals surface area contributed by atoms with Crippen molar-refractivity contribution >= 4 is 15.2 Å². The highest BCUT2D eigenvalue weighted by Crippen LogP contribution is 2.71. The van der Waals surface area contributed by atoms with Gasteiger partial charge in [-0.1, -0.05) is 21.8 Å². The normalized spacial score (nSPS) is 42.2. The molecule has 0 aromatic rings. The molecular weight excluding hydrogens is 242 g/mol. The van der Waals surface area contributed by atoms with Crippen LogP contribution >= 0.6 is 15.2 Å². The van der Waals surface area contributed by atoms with Crippen molar-refractivity contribution in [3.63, 3.8) is 0 Å². The Morgan fingerprint density at radius 1 is 0.882 bits per heavy atom. The van der Waals surface area contributed by atoms with Gasteiger partial charge in [0, 0.05) is 20.1 Å². The predicted molar refractivity (Wildman–Crippen MR) is 85.8 cm³/mol. The quantitative estimate of drug-likeness (QED) is 0.615. The molecule has 4 atom stereocenters. The van der Waals surface area contributed by atoms with Crippen LogP contribution in [0.25, 0.3) is 0 Å². The fraction of sp³-hybridized carbons (Fsp3) is 1.00. The first-order chi connectivity index (χ1) is 7.95. The van der Waals surface area contributed by atoms with Gasteiger partial charge in [-0.25, -0.2) is 0 Å². The molecule has 100 valence electrons. The number of hydrogen-bond acceptors (Lipinski definition) is 0. The third-order valence-electron chi connectivity index (χ3n) is 5.99. The molecule has 0 unspecified atom stereocenters. The van der Waals surface area contributed by atoms with Crippen LogP contribution < -0.4 is 0 Å². The van der Waals surface area contributed by atoms with Crippen molar-refractivity contribution in [2.45, 2.75) is 76.0 Å². The van der Waals surface area contributed by atoms with Crippen molar-refractivity contribution in [2.75, 3.05) is 19.0 Å². The van der Waals surface area contributed by atoms with Gasteiger partial charge in [0.15, 0.2) is 0 Å². The lowest BCUT2D eigenvalue weighted by Crippen LogP contribution is -2.16. The zero-order valence-electron chi connectivity index (χ0n) is 12.4. The molecule has 0 amide bonds. The molecule has 0 radical (unpaired) electrons. The number of rotatable bonds is 3. The largest absolute Gasteiger partial charge is 0.0973 e. The van der Waals surface area contributed by atoms with Gasteiger partial charge in [0.1, 0.15) is 0 Å². The Balaban J connectivity index is 1.93. The molecule has 2 aliphatic heterocycles. The Morgan fingerprint density at radius 3 is 1.82 bits per heavy atom. The summed E-state index contributed by atoms with van der Waals surface area (Å²) >= 11 is 0. The van der Waals surface area contributed by atoms with Crippen molar-refractivity contribution in [1.82, 2.24) is 0 Å². The van der Waals surface area contributed by atoms with Crippen molar-refractivity contribution in [2.24, 2.45) is 0 Å². The lowest BCUT2D eigenvalue weighted by molar-refractivity contribution is 0.777. The van der Waals surface area contributed by atoms with Gasteiger partial charge >= 0.3 is 0 Å².